The normalized spacial score (nSPS) is 18.2. The summed E-state index contributed by atoms with van der Waals surface area (Å²) < 4.78 is 5.42. The number of hydrogen-bond donors (Lipinski definition) is 2. The number of hydrogen-bond acceptors (Lipinski definition) is 5. The van der Waals surface area contributed by atoms with Gasteiger partial charge < -0.3 is 15.2 Å². The highest BCUT2D eigenvalue weighted by atomic mass is 35.5. The highest BCUT2D eigenvalue weighted by Gasteiger charge is 2.26. The Labute approximate surface area is 209 Å². The van der Waals surface area contributed by atoms with Crippen LogP contribution in [0.5, 0.6) is 0 Å². The standard InChI is InChI=1S/C25H25Cl2N3O2S/c1-32-14-20-24(25(33)29-19-4-2-3-5-21(19)31)30-23(16-8-12-18(27)13-9-16)22(28-20)15-6-10-17(26)11-7-15/h6-13,19,21,31H,2-5,14H2,1H3,(H,29,33). The van der Waals surface area contributed by atoms with E-state index in [-0.39, 0.29) is 12.6 Å². The number of methoxy groups -OCH3 is 1. The lowest BCUT2D eigenvalue weighted by Crippen LogP contribution is -2.45. The Morgan fingerprint density at radius 3 is 2.06 bits per heavy atom. The van der Waals surface area contributed by atoms with Crippen molar-refractivity contribution in [2.45, 2.75) is 44.4 Å². The molecule has 1 aliphatic carbocycles. The smallest absolute Gasteiger partial charge is 0.127 e. The predicted octanol–water partition coefficient (Wildman–Crippen LogP) is 5.83. The summed E-state index contributed by atoms with van der Waals surface area (Å²) in [6, 6.07) is 14.8. The number of aliphatic hydroxyl groups excluding tert-OH is 1. The molecule has 4 rings (SSSR count). The molecule has 8 heteroatoms. The van der Waals surface area contributed by atoms with Gasteiger partial charge in [0.2, 0.25) is 0 Å². The number of aromatic nitrogens is 2. The van der Waals surface area contributed by atoms with E-state index >= 15 is 0 Å². The molecular weight excluding hydrogens is 477 g/mol. The Morgan fingerprint density at radius 2 is 1.52 bits per heavy atom. The third kappa shape index (κ3) is 5.70. The third-order valence-electron chi connectivity index (χ3n) is 5.75. The fourth-order valence-electron chi connectivity index (χ4n) is 4.02. The number of rotatable bonds is 6. The topological polar surface area (TPSA) is 67.3 Å². The Balaban J connectivity index is 1.82. The van der Waals surface area contributed by atoms with Crippen LogP contribution in [0.3, 0.4) is 0 Å². The average Bonchev–Trinajstić information content (AvgIpc) is 2.81. The van der Waals surface area contributed by atoms with Gasteiger partial charge in [-0.15, -0.1) is 0 Å². The zero-order valence-electron chi connectivity index (χ0n) is 18.2. The minimum Gasteiger partial charge on any atom is -0.391 e. The average molecular weight is 502 g/mol. The second kappa shape index (κ2) is 10.9. The molecule has 0 saturated heterocycles. The summed E-state index contributed by atoms with van der Waals surface area (Å²) in [6.07, 6.45) is 3.28. The first kappa shape index (κ1) is 24.0. The van der Waals surface area contributed by atoms with Crippen molar-refractivity contribution in [3.8, 4) is 22.5 Å². The van der Waals surface area contributed by atoms with Crippen molar-refractivity contribution >= 4 is 40.4 Å². The molecule has 2 atom stereocenters. The Hall–Kier alpha value is -2.09. The minimum atomic E-state index is -0.431. The molecule has 172 valence electrons. The Kier molecular flexibility index (Phi) is 7.94. The van der Waals surface area contributed by atoms with Crippen LogP contribution >= 0.6 is 35.4 Å². The summed E-state index contributed by atoms with van der Waals surface area (Å²) in [5.74, 6) is 0. The largest absolute Gasteiger partial charge is 0.391 e. The van der Waals surface area contributed by atoms with Crippen LogP contribution in [0.1, 0.15) is 37.1 Å². The van der Waals surface area contributed by atoms with E-state index in [0.29, 0.717) is 37.8 Å². The van der Waals surface area contributed by atoms with Crippen molar-refractivity contribution in [2.24, 2.45) is 0 Å². The molecule has 1 saturated carbocycles. The van der Waals surface area contributed by atoms with Crippen LogP contribution in [0.4, 0.5) is 0 Å². The molecule has 2 N–H and O–H groups in total. The zero-order chi connectivity index (χ0) is 23.4. The van der Waals surface area contributed by atoms with Crippen LogP contribution in [0.2, 0.25) is 10.0 Å². The molecule has 5 nitrogen and oxygen atoms in total. The van der Waals surface area contributed by atoms with Gasteiger partial charge in [-0.25, -0.2) is 9.97 Å². The first-order valence-corrected chi connectivity index (χ1v) is 12.0. The van der Waals surface area contributed by atoms with Gasteiger partial charge in [-0.2, -0.15) is 0 Å². The number of benzene rings is 2. The second-order valence-corrected chi connectivity index (χ2v) is 9.38. The number of thiocarbonyl (C=S) groups is 1. The highest BCUT2D eigenvalue weighted by Crippen LogP contribution is 2.32. The first-order chi connectivity index (χ1) is 16.0. The summed E-state index contributed by atoms with van der Waals surface area (Å²) in [6.45, 7) is 0.249. The lowest BCUT2D eigenvalue weighted by atomic mass is 9.92. The summed E-state index contributed by atoms with van der Waals surface area (Å²) in [5, 5.41) is 15.0. The van der Waals surface area contributed by atoms with E-state index < -0.39 is 6.10 Å². The molecule has 1 aromatic heterocycles. The van der Waals surface area contributed by atoms with Gasteiger partial charge >= 0.3 is 0 Å². The minimum absolute atomic E-state index is 0.0987. The van der Waals surface area contributed by atoms with Crippen molar-refractivity contribution in [3.05, 3.63) is 70.0 Å². The van der Waals surface area contributed by atoms with Gasteiger partial charge in [-0.3, -0.25) is 0 Å². The maximum atomic E-state index is 10.4. The third-order valence-corrected chi connectivity index (χ3v) is 6.56. The number of nitrogens with one attached hydrogen (secondary N) is 1. The maximum Gasteiger partial charge on any atom is 0.127 e. The van der Waals surface area contributed by atoms with Gasteiger partial charge in [0, 0.05) is 28.3 Å². The molecule has 33 heavy (non-hydrogen) atoms. The van der Waals surface area contributed by atoms with Crippen molar-refractivity contribution in [1.82, 2.24) is 15.3 Å². The van der Waals surface area contributed by atoms with Crippen LogP contribution in [0.15, 0.2) is 48.5 Å². The molecule has 3 aromatic rings. The molecule has 2 unspecified atom stereocenters. The van der Waals surface area contributed by atoms with Crippen LogP contribution in [0.25, 0.3) is 22.5 Å². The fourth-order valence-corrected chi connectivity index (χ4v) is 4.59. The summed E-state index contributed by atoms with van der Waals surface area (Å²) in [4.78, 5) is 10.4. The van der Waals surface area contributed by atoms with E-state index in [4.69, 9.17) is 50.1 Å². The molecule has 0 bridgehead atoms. The molecule has 0 aliphatic heterocycles. The van der Waals surface area contributed by atoms with E-state index in [0.717, 1.165) is 36.8 Å². The van der Waals surface area contributed by atoms with Crippen LogP contribution < -0.4 is 5.32 Å². The number of nitrogens with zero attached hydrogens (tertiary/aromatic N) is 2. The van der Waals surface area contributed by atoms with Gasteiger partial charge in [0.05, 0.1) is 35.8 Å². The molecular formula is C25H25Cl2N3O2S. The molecule has 1 aliphatic rings. The van der Waals surface area contributed by atoms with Gasteiger partial charge in [0.1, 0.15) is 10.7 Å². The van der Waals surface area contributed by atoms with Crippen LogP contribution in [0, 0.1) is 0 Å². The van der Waals surface area contributed by atoms with E-state index in [1.54, 1.807) is 7.11 Å². The number of aliphatic hydroxyl groups is 1. The SMILES string of the molecule is COCc1nc(-c2ccc(Cl)cc2)c(-c2ccc(Cl)cc2)nc1C(=S)NC1CCCCC1O. The van der Waals surface area contributed by atoms with Crippen molar-refractivity contribution < 1.29 is 9.84 Å². The highest BCUT2D eigenvalue weighted by molar-refractivity contribution is 7.80. The summed E-state index contributed by atoms with van der Waals surface area (Å²) in [5.41, 5.74) is 4.29. The first-order valence-electron chi connectivity index (χ1n) is 10.9. The van der Waals surface area contributed by atoms with Gasteiger partial charge in [0.25, 0.3) is 0 Å². The fraction of sp³-hybridized carbons (Fsp3) is 0.320. The molecule has 1 heterocycles. The molecule has 0 radical (unpaired) electrons. The number of halogens is 2. The second-order valence-electron chi connectivity index (χ2n) is 8.09. The zero-order valence-corrected chi connectivity index (χ0v) is 20.6. The van der Waals surface area contributed by atoms with Crippen molar-refractivity contribution in [3.63, 3.8) is 0 Å². The van der Waals surface area contributed by atoms with Crippen LogP contribution in [-0.4, -0.2) is 39.3 Å². The van der Waals surface area contributed by atoms with Crippen molar-refractivity contribution in [1.29, 1.82) is 0 Å². The van der Waals surface area contributed by atoms with E-state index in [2.05, 4.69) is 5.32 Å². The number of ether oxygens (including phenoxy) is 1. The predicted molar refractivity (Wildman–Crippen MR) is 137 cm³/mol. The van der Waals surface area contributed by atoms with E-state index in [9.17, 15) is 5.11 Å². The summed E-state index contributed by atoms with van der Waals surface area (Å²) in [7, 11) is 1.61. The lowest BCUT2D eigenvalue weighted by Gasteiger charge is -2.29. The monoisotopic (exact) mass is 501 g/mol. The maximum absolute atomic E-state index is 10.4. The Bertz CT molecular complexity index is 1120. The molecule has 1 fully saturated rings. The lowest BCUT2D eigenvalue weighted by molar-refractivity contribution is 0.100. The Morgan fingerprint density at radius 1 is 0.970 bits per heavy atom. The van der Waals surface area contributed by atoms with Crippen molar-refractivity contribution in [2.75, 3.05) is 7.11 Å². The molecule has 2 aromatic carbocycles. The van der Waals surface area contributed by atoms with E-state index in [1.165, 1.54) is 0 Å². The molecule has 0 spiro atoms. The molecule has 0 amide bonds. The van der Waals surface area contributed by atoms with Gasteiger partial charge in [0.15, 0.2) is 0 Å². The summed E-state index contributed by atoms with van der Waals surface area (Å²) >= 11 is 18.0. The van der Waals surface area contributed by atoms with E-state index in [1.807, 2.05) is 48.5 Å². The van der Waals surface area contributed by atoms with Gasteiger partial charge in [-0.05, 0) is 37.1 Å². The van der Waals surface area contributed by atoms with Crippen LogP contribution in [-0.2, 0) is 11.3 Å². The quantitative estimate of drug-likeness (QED) is 0.414. The van der Waals surface area contributed by atoms with Gasteiger partial charge in [-0.1, -0.05) is 72.5 Å².